The molecule has 0 unspecified atom stereocenters. The van der Waals surface area contributed by atoms with Crippen molar-refractivity contribution in [2.24, 2.45) is 0 Å². The number of rotatable bonds is 2. The molecule has 16 heavy (non-hydrogen) atoms. The lowest BCUT2D eigenvalue weighted by Gasteiger charge is -2.35. The van der Waals surface area contributed by atoms with E-state index in [4.69, 9.17) is 11.6 Å². The normalized spacial score (nSPS) is 17.8. The zero-order valence-corrected chi connectivity index (χ0v) is 10.7. The molecule has 4 heteroatoms. The maximum Gasteiger partial charge on any atom is 0.0509 e. The lowest BCUT2D eigenvalue weighted by molar-refractivity contribution is 0.312. The van der Waals surface area contributed by atoms with Gasteiger partial charge in [-0.2, -0.15) is 0 Å². The van der Waals surface area contributed by atoms with Crippen LogP contribution in [0.5, 0.6) is 0 Å². The summed E-state index contributed by atoms with van der Waals surface area (Å²) in [5, 5.41) is 0. The van der Waals surface area contributed by atoms with Gasteiger partial charge >= 0.3 is 0 Å². The fourth-order valence-electron chi connectivity index (χ4n) is 2.02. The van der Waals surface area contributed by atoms with Crippen LogP contribution in [0.1, 0.15) is 11.3 Å². The molecule has 88 valence electrons. The molecule has 0 saturated carbocycles. The number of hydrogen-bond acceptors (Lipinski definition) is 3. The van der Waals surface area contributed by atoms with E-state index in [0.29, 0.717) is 5.88 Å². The van der Waals surface area contributed by atoms with Crippen molar-refractivity contribution in [3.63, 3.8) is 0 Å². The molecule has 1 aromatic heterocycles. The summed E-state index contributed by atoms with van der Waals surface area (Å²) in [7, 11) is 2.16. The zero-order chi connectivity index (χ0) is 11.5. The molecule has 0 atom stereocenters. The highest BCUT2D eigenvalue weighted by atomic mass is 35.5. The number of pyridine rings is 1. The van der Waals surface area contributed by atoms with Crippen molar-refractivity contribution in [3.8, 4) is 0 Å². The van der Waals surface area contributed by atoms with Crippen LogP contribution in [-0.2, 0) is 5.88 Å². The van der Waals surface area contributed by atoms with Crippen molar-refractivity contribution in [1.82, 2.24) is 9.88 Å². The van der Waals surface area contributed by atoms with E-state index < -0.39 is 0 Å². The molecule has 1 fully saturated rings. The highest BCUT2D eigenvalue weighted by Crippen LogP contribution is 2.23. The van der Waals surface area contributed by atoms with E-state index in [9.17, 15) is 0 Å². The average molecular weight is 240 g/mol. The Balaban J connectivity index is 2.21. The number of nitrogens with zero attached hydrogens (tertiary/aromatic N) is 3. The number of anilines is 1. The smallest absolute Gasteiger partial charge is 0.0509 e. The van der Waals surface area contributed by atoms with Gasteiger partial charge in [-0.25, -0.2) is 0 Å². The summed E-state index contributed by atoms with van der Waals surface area (Å²) in [6.07, 6.45) is 1.90. The summed E-state index contributed by atoms with van der Waals surface area (Å²) >= 11 is 5.96. The monoisotopic (exact) mass is 239 g/mol. The van der Waals surface area contributed by atoms with E-state index in [-0.39, 0.29) is 0 Å². The van der Waals surface area contributed by atoms with E-state index in [1.165, 1.54) is 5.69 Å². The molecule has 0 spiro atoms. The highest BCUT2D eigenvalue weighted by molar-refractivity contribution is 6.17. The highest BCUT2D eigenvalue weighted by Gasteiger charge is 2.16. The predicted octanol–water partition coefficient (Wildman–Crippen LogP) is 1.88. The number of aromatic nitrogens is 1. The van der Waals surface area contributed by atoms with Crippen molar-refractivity contribution in [3.05, 3.63) is 23.5 Å². The number of piperazine rings is 1. The first-order chi connectivity index (χ1) is 7.70. The fourth-order valence-corrected chi connectivity index (χ4v) is 2.22. The second-order valence-corrected chi connectivity index (χ2v) is 4.65. The lowest BCUT2D eigenvalue weighted by atomic mass is 10.2. The van der Waals surface area contributed by atoms with E-state index in [1.807, 2.05) is 13.1 Å². The molecule has 0 bridgehead atoms. The van der Waals surface area contributed by atoms with Crippen LogP contribution < -0.4 is 4.90 Å². The van der Waals surface area contributed by atoms with E-state index in [1.54, 1.807) is 0 Å². The Morgan fingerprint density at radius 1 is 1.31 bits per heavy atom. The van der Waals surface area contributed by atoms with Crippen LogP contribution >= 0.6 is 11.6 Å². The molecule has 2 heterocycles. The summed E-state index contributed by atoms with van der Waals surface area (Å²) in [4.78, 5) is 9.06. The first-order valence-corrected chi connectivity index (χ1v) is 6.19. The standard InChI is InChI=1S/C12H18ClN3/c1-10-7-12(11(8-13)9-14-10)16-5-3-15(2)4-6-16/h7,9H,3-6,8H2,1-2H3. The van der Waals surface area contributed by atoms with Gasteiger partial charge in [0.2, 0.25) is 0 Å². The second-order valence-electron chi connectivity index (χ2n) is 4.38. The van der Waals surface area contributed by atoms with Gasteiger partial charge < -0.3 is 9.80 Å². The number of likely N-dealkylation sites (N-methyl/N-ethyl adjacent to an activating group) is 1. The van der Waals surface area contributed by atoms with Gasteiger partial charge in [-0.05, 0) is 20.0 Å². The maximum absolute atomic E-state index is 5.96. The van der Waals surface area contributed by atoms with Gasteiger partial charge in [-0.15, -0.1) is 11.6 Å². The minimum atomic E-state index is 0.537. The van der Waals surface area contributed by atoms with Crippen molar-refractivity contribution < 1.29 is 0 Å². The van der Waals surface area contributed by atoms with Crippen LogP contribution in [-0.4, -0.2) is 43.1 Å². The van der Waals surface area contributed by atoms with Gasteiger partial charge in [0.1, 0.15) is 0 Å². The van der Waals surface area contributed by atoms with Gasteiger partial charge in [0, 0.05) is 49.3 Å². The zero-order valence-electron chi connectivity index (χ0n) is 9.91. The number of hydrogen-bond donors (Lipinski definition) is 0. The molecular formula is C12H18ClN3. The summed E-state index contributed by atoms with van der Waals surface area (Å²) in [6, 6.07) is 2.14. The van der Waals surface area contributed by atoms with E-state index in [0.717, 1.165) is 37.4 Å². The van der Waals surface area contributed by atoms with Gasteiger partial charge in [0.05, 0.1) is 5.88 Å². The summed E-state index contributed by atoms with van der Waals surface area (Å²) in [5.41, 5.74) is 3.45. The number of halogens is 1. The topological polar surface area (TPSA) is 19.4 Å². The molecule has 3 nitrogen and oxygen atoms in total. The van der Waals surface area contributed by atoms with E-state index >= 15 is 0 Å². The van der Waals surface area contributed by atoms with Gasteiger partial charge in [0.15, 0.2) is 0 Å². The third kappa shape index (κ3) is 2.47. The quantitative estimate of drug-likeness (QED) is 0.735. The van der Waals surface area contributed by atoms with Gasteiger partial charge in [0.25, 0.3) is 0 Å². The first-order valence-electron chi connectivity index (χ1n) is 5.65. The number of aryl methyl sites for hydroxylation is 1. The average Bonchev–Trinajstić information content (AvgIpc) is 2.30. The van der Waals surface area contributed by atoms with Crippen molar-refractivity contribution in [2.45, 2.75) is 12.8 Å². The molecule has 0 aromatic carbocycles. The Labute approximate surface area is 102 Å². The first kappa shape index (κ1) is 11.7. The van der Waals surface area contributed by atoms with Crippen LogP contribution in [0.25, 0.3) is 0 Å². The summed E-state index contributed by atoms with van der Waals surface area (Å²) in [5.74, 6) is 0.537. The minimum absolute atomic E-state index is 0.537. The Kier molecular flexibility index (Phi) is 3.66. The molecular weight excluding hydrogens is 222 g/mol. The summed E-state index contributed by atoms with van der Waals surface area (Å²) in [6.45, 7) is 6.40. The Morgan fingerprint density at radius 2 is 2.00 bits per heavy atom. The molecule has 2 rings (SSSR count). The largest absolute Gasteiger partial charge is 0.369 e. The lowest BCUT2D eigenvalue weighted by Crippen LogP contribution is -2.44. The Morgan fingerprint density at radius 3 is 2.62 bits per heavy atom. The van der Waals surface area contributed by atoms with Crippen LogP contribution in [0.3, 0.4) is 0 Å². The van der Waals surface area contributed by atoms with Gasteiger partial charge in [-0.1, -0.05) is 0 Å². The second kappa shape index (κ2) is 5.02. The third-order valence-electron chi connectivity index (χ3n) is 3.09. The third-order valence-corrected chi connectivity index (χ3v) is 3.37. The van der Waals surface area contributed by atoms with Crippen LogP contribution in [0.4, 0.5) is 5.69 Å². The van der Waals surface area contributed by atoms with E-state index in [2.05, 4.69) is 27.9 Å². The molecule has 0 radical (unpaired) electrons. The number of alkyl halides is 1. The molecule has 1 aliphatic heterocycles. The molecule has 0 N–H and O–H groups in total. The van der Waals surface area contributed by atoms with Crippen molar-refractivity contribution in [2.75, 3.05) is 38.1 Å². The van der Waals surface area contributed by atoms with Crippen LogP contribution in [0.2, 0.25) is 0 Å². The van der Waals surface area contributed by atoms with Gasteiger partial charge in [-0.3, -0.25) is 4.98 Å². The molecule has 0 amide bonds. The molecule has 0 aliphatic carbocycles. The maximum atomic E-state index is 5.96. The molecule has 1 aromatic rings. The van der Waals surface area contributed by atoms with Crippen molar-refractivity contribution >= 4 is 17.3 Å². The fraction of sp³-hybridized carbons (Fsp3) is 0.583. The molecule has 1 aliphatic rings. The Bertz CT molecular complexity index is 359. The van der Waals surface area contributed by atoms with Crippen molar-refractivity contribution in [1.29, 1.82) is 0 Å². The van der Waals surface area contributed by atoms with Crippen LogP contribution in [0, 0.1) is 6.92 Å². The Hall–Kier alpha value is -0.800. The summed E-state index contributed by atoms with van der Waals surface area (Å²) < 4.78 is 0. The minimum Gasteiger partial charge on any atom is -0.369 e. The SMILES string of the molecule is Cc1cc(N2CCN(C)CC2)c(CCl)cn1. The molecule has 1 saturated heterocycles. The van der Waals surface area contributed by atoms with Crippen LogP contribution in [0.15, 0.2) is 12.3 Å². The predicted molar refractivity (Wildman–Crippen MR) is 68.2 cm³/mol.